The van der Waals surface area contributed by atoms with Crippen molar-refractivity contribution >= 4 is 35.7 Å². The molecule has 0 aliphatic carbocycles. The highest BCUT2D eigenvalue weighted by Crippen LogP contribution is 2.37. The predicted octanol–water partition coefficient (Wildman–Crippen LogP) is -2.14. The number of hydrogen-bond donors (Lipinski definition) is 5. The highest BCUT2D eigenvalue weighted by molar-refractivity contribution is 9.10. The second-order valence-corrected chi connectivity index (χ2v) is 7.09. The topological polar surface area (TPSA) is 166 Å². The molecule has 0 saturated carbocycles. The highest BCUT2D eigenvalue weighted by Gasteiger charge is 2.49. The Hall–Kier alpha value is -0.590. The van der Waals surface area contributed by atoms with E-state index in [0.29, 0.717) is 0 Å². The van der Waals surface area contributed by atoms with Crippen LogP contribution in [0.5, 0.6) is 0 Å². The molecule has 13 heteroatoms. The maximum atomic E-state index is 11.8. The lowest BCUT2D eigenvalue weighted by Crippen LogP contribution is -2.60. The molecule has 0 aromatic heterocycles. The molecule has 0 bridgehead atoms. The minimum absolute atomic E-state index is 0.106. The van der Waals surface area contributed by atoms with Crippen LogP contribution in [-0.2, 0) is 18.6 Å². The fourth-order valence-corrected chi connectivity index (χ4v) is 2.88. The first-order valence-corrected chi connectivity index (χ1v) is 8.52. The molecule has 0 spiro atoms. The normalized spacial score (nSPS) is 36.6. The summed E-state index contributed by atoms with van der Waals surface area (Å²) in [6.45, 7) is -0.781. The Labute approximate surface area is 132 Å². The first-order valence-electron chi connectivity index (χ1n) is 6.07. The Kier molecular flexibility index (Phi) is 5.24. The summed E-state index contributed by atoms with van der Waals surface area (Å²) in [6, 6.07) is -0.812. The van der Waals surface area contributed by atoms with E-state index in [4.69, 9.17) is 14.5 Å². The van der Waals surface area contributed by atoms with Gasteiger partial charge < -0.3 is 24.7 Å². The summed E-state index contributed by atoms with van der Waals surface area (Å²) in [4.78, 5) is 40.6. The number of halogens is 1. The number of ether oxygens (including phenoxy) is 1. The maximum absolute atomic E-state index is 11.8. The van der Waals surface area contributed by atoms with Gasteiger partial charge >= 0.3 is 13.9 Å². The van der Waals surface area contributed by atoms with Crippen LogP contribution in [0, 0.1) is 0 Å². The molecule has 2 rings (SSSR count). The number of carbonyl (C=O) groups is 2. The summed E-state index contributed by atoms with van der Waals surface area (Å²) in [5.41, 5.74) is 0. The van der Waals surface area contributed by atoms with Crippen molar-refractivity contribution in [3.8, 4) is 0 Å². The van der Waals surface area contributed by atoms with Gasteiger partial charge in [-0.05, 0) is 0 Å². The Morgan fingerprint density at radius 2 is 2.00 bits per heavy atom. The predicted molar refractivity (Wildman–Crippen MR) is 71.6 cm³/mol. The summed E-state index contributed by atoms with van der Waals surface area (Å²) in [5.74, 6) is -0.546. The number of hydrogen-bond acceptors (Lipinski definition) is 7. The number of carbonyl (C=O) groups excluding carboxylic acids is 2. The number of urea groups is 1. The number of nitrogens with one attached hydrogen (secondary N) is 1. The van der Waals surface area contributed by atoms with Crippen molar-refractivity contribution < 1.29 is 43.4 Å². The summed E-state index contributed by atoms with van der Waals surface area (Å²) in [7, 11) is -4.76. The second-order valence-electron chi connectivity index (χ2n) is 4.75. The van der Waals surface area contributed by atoms with Gasteiger partial charge in [0, 0.05) is 6.54 Å². The molecule has 2 aliphatic heterocycles. The lowest BCUT2D eigenvalue weighted by molar-refractivity contribution is -0.124. The van der Waals surface area contributed by atoms with Crippen molar-refractivity contribution in [1.82, 2.24) is 10.2 Å². The molecule has 2 heterocycles. The standard InChI is InChI=1S/C9H14BrN2O9P/c10-3-1-12(9(16)11-7(3)15)8-6(14)5(13)4(21-8)2-20-22(17,18)19/h3-6,8,13-14H,1-2H2,(H,11,15,16)(H2,17,18,19)/t3?,4-,5-,6-,8-/m1/s1. The number of amides is 3. The third-order valence-electron chi connectivity index (χ3n) is 3.18. The fourth-order valence-electron chi connectivity index (χ4n) is 2.11. The van der Waals surface area contributed by atoms with E-state index >= 15 is 0 Å². The molecule has 3 amide bonds. The van der Waals surface area contributed by atoms with Gasteiger partial charge in [-0.1, -0.05) is 15.9 Å². The van der Waals surface area contributed by atoms with Gasteiger partial charge in [0.05, 0.1) is 6.61 Å². The number of imide groups is 1. The van der Waals surface area contributed by atoms with Gasteiger partial charge in [-0.25, -0.2) is 9.36 Å². The van der Waals surface area contributed by atoms with Crippen LogP contribution in [0.25, 0.3) is 0 Å². The number of rotatable bonds is 4. The van der Waals surface area contributed by atoms with Crippen LogP contribution < -0.4 is 5.32 Å². The number of phosphoric ester groups is 1. The average Bonchev–Trinajstić information content (AvgIpc) is 2.68. The molecule has 0 radical (unpaired) electrons. The first kappa shape index (κ1) is 17.8. The summed E-state index contributed by atoms with van der Waals surface area (Å²) in [6.07, 6.45) is -5.57. The maximum Gasteiger partial charge on any atom is 0.469 e. The molecule has 2 fully saturated rings. The first-order chi connectivity index (χ1) is 10.1. The van der Waals surface area contributed by atoms with E-state index < -0.39 is 55.7 Å². The molecule has 126 valence electrons. The van der Waals surface area contributed by atoms with Crippen LogP contribution in [0.2, 0.25) is 0 Å². The van der Waals surface area contributed by atoms with Gasteiger partial charge in [-0.3, -0.25) is 19.5 Å². The Morgan fingerprint density at radius 1 is 1.36 bits per heavy atom. The lowest BCUT2D eigenvalue weighted by atomic mass is 10.1. The van der Waals surface area contributed by atoms with Crippen LogP contribution in [0.3, 0.4) is 0 Å². The molecule has 2 aliphatic rings. The van der Waals surface area contributed by atoms with Crippen molar-refractivity contribution in [1.29, 1.82) is 0 Å². The van der Waals surface area contributed by atoms with E-state index in [0.717, 1.165) is 4.90 Å². The zero-order valence-electron chi connectivity index (χ0n) is 10.9. The molecular formula is C9H14BrN2O9P. The van der Waals surface area contributed by atoms with E-state index in [2.05, 4.69) is 20.5 Å². The van der Waals surface area contributed by atoms with Gasteiger partial charge in [0.1, 0.15) is 23.1 Å². The van der Waals surface area contributed by atoms with Crippen LogP contribution in [0.4, 0.5) is 4.79 Å². The van der Waals surface area contributed by atoms with Gasteiger partial charge in [-0.2, -0.15) is 0 Å². The van der Waals surface area contributed by atoms with Crippen LogP contribution in [0.15, 0.2) is 0 Å². The largest absolute Gasteiger partial charge is 0.469 e. The zero-order valence-corrected chi connectivity index (χ0v) is 13.4. The molecule has 0 aromatic carbocycles. The number of alkyl halides is 1. The zero-order chi connectivity index (χ0) is 16.7. The highest BCUT2D eigenvalue weighted by atomic mass is 79.9. The molecule has 22 heavy (non-hydrogen) atoms. The van der Waals surface area contributed by atoms with Gasteiger partial charge in [-0.15, -0.1) is 0 Å². The number of aliphatic hydroxyl groups excluding tert-OH is 2. The summed E-state index contributed by atoms with van der Waals surface area (Å²) in [5, 5.41) is 21.8. The van der Waals surface area contributed by atoms with Crippen LogP contribution >= 0.6 is 23.8 Å². The molecule has 0 aromatic rings. The molecule has 5 N–H and O–H groups in total. The number of aliphatic hydroxyl groups is 2. The van der Waals surface area contributed by atoms with Gasteiger partial charge in [0.25, 0.3) is 0 Å². The van der Waals surface area contributed by atoms with Gasteiger partial charge in [0.15, 0.2) is 6.23 Å². The van der Waals surface area contributed by atoms with E-state index in [1.54, 1.807) is 0 Å². The van der Waals surface area contributed by atoms with Crippen molar-refractivity contribution in [3.05, 3.63) is 0 Å². The Bertz CT molecular complexity index is 513. The van der Waals surface area contributed by atoms with Crippen LogP contribution in [-0.4, -0.2) is 79.4 Å². The molecule has 5 atom stereocenters. The number of phosphoric acid groups is 1. The quantitative estimate of drug-likeness (QED) is 0.259. The fraction of sp³-hybridized carbons (Fsp3) is 0.778. The summed E-state index contributed by atoms with van der Waals surface area (Å²) < 4.78 is 20.1. The van der Waals surface area contributed by atoms with E-state index in [9.17, 15) is 24.4 Å². The minimum atomic E-state index is -4.76. The van der Waals surface area contributed by atoms with Gasteiger partial charge in [0.2, 0.25) is 5.91 Å². The van der Waals surface area contributed by atoms with Crippen molar-refractivity contribution in [2.45, 2.75) is 29.4 Å². The molecular weight excluding hydrogens is 391 g/mol. The minimum Gasteiger partial charge on any atom is -0.387 e. The van der Waals surface area contributed by atoms with E-state index in [1.165, 1.54) is 0 Å². The van der Waals surface area contributed by atoms with Crippen LogP contribution in [0.1, 0.15) is 0 Å². The van der Waals surface area contributed by atoms with E-state index in [1.807, 2.05) is 5.32 Å². The van der Waals surface area contributed by atoms with Crippen molar-refractivity contribution in [3.63, 3.8) is 0 Å². The molecule has 2 saturated heterocycles. The Balaban J connectivity index is 2.04. The SMILES string of the molecule is O=C1NC(=O)N([C@@H]2O[C@H](COP(=O)(O)O)[C@@H](O)[C@H]2O)CC1Br. The lowest BCUT2D eigenvalue weighted by Gasteiger charge is -2.34. The molecule has 11 nitrogen and oxygen atoms in total. The van der Waals surface area contributed by atoms with E-state index in [-0.39, 0.29) is 6.54 Å². The second kappa shape index (κ2) is 6.49. The smallest absolute Gasteiger partial charge is 0.387 e. The average molecular weight is 405 g/mol. The van der Waals surface area contributed by atoms with Crippen molar-refractivity contribution in [2.24, 2.45) is 0 Å². The Morgan fingerprint density at radius 3 is 2.59 bits per heavy atom. The third kappa shape index (κ3) is 3.84. The number of nitrogens with zero attached hydrogens (tertiary/aromatic N) is 1. The van der Waals surface area contributed by atoms with Crippen molar-refractivity contribution in [2.75, 3.05) is 13.2 Å². The monoisotopic (exact) mass is 404 g/mol. The third-order valence-corrected chi connectivity index (χ3v) is 4.37. The summed E-state index contributed by atoms with van der Waals surface area (Å²) >= 11 is 3.04. The molecule has 1 unspecified atom stereocenters.